The predicted molar refractivity (Wildman–Crippen MR) is 339 cm³/mol. The van der Waals surface area contributed by atoms with Crippen molar-refractivity contribution in [2.24, 2.45) is 5.41 Å². The number of alkyl halides is 4. The van der Waals surface area contributed by atoms with Crippen molar-refractivity contribution in [1.82, 2.24) is 47.3 Å². The summed E-state index contributed by atoms with van der Waals surface area (Å²) in [4.78, 5) is 12.4. The van der Waals surface area contributed by atoms with Crippen molar-refractivity contribution in [3.8, 4) is 0 Å². The van der Waals surface area contributed by atoms with E-state index in [1.165, 1.54) is 75.3 Å². The number of hydrogen-bond acceptors (Lipinski definition) is 14. The van der Waals surface area contributed by atoms with Gasteiger partial charge in [0.25, 0.3) is 0 Å². The van der Waals surface area contributed by atoms with Crippen LogP contribution in [-0.2, 0) is 14.3 Å². The van der Waals surface area contributed by atoms with Gasteiger partial charge < -0.3 is 61.8 Å². The van der Waals surface area contributed by atoms with Crippen molar-refractivity contribution in [3.05, 3.63) is 97.1 Å². The van der Waals surface area contributed by atoms with Crippen LogP contribution in [0.1, 0.15) is 169 Å². The highest BCUT2D eigenvalue weighted by Gasteiger charge is 2.60. The molecule has 9 aliphatic heterocycles. The van der Waals surface area contributed by atoms with E-state index in [2.05, 4.69) is 88.8 Å². The van der Waals surface area contributed by atoms with Crippen LogP contribution in [0.15, 0.2) is 97.1 Å². The zero-order chi connectivity index (χ0) is 60.9. The highest BCUT2D eigenvalue weighted by atomic mass is 32.2. The monoisotopic (exact) mass is 1160 g/mol. The maximum Gasteiger partial charge on any atom is 0.485 e. The lowest BCUT2D eigenvalue weighted by Gasteiger charge is -2.42. The molecular weight excluding hydrogens is 1040 g/mol. The summed E-state index contributed by atoms with van der Waals surface area (Å²) >= 11 is 3.36. The van der Waals surface area contributed by atoms with Gasteiger partial charge in [0.1, 0.15) is 12.9 Å². The molecule has 13 nitrogen and oxygen atoms in total. The minimum atomic E-state index is -4.46. The molecule has 1 amide bonds. The number of thioether (sulfide) groups is 2. The topological polar surface area (TPSA) is 155 Å². The lowest BCUT2D eigenvalue weighted by atomic mass is 9.71. The van der Waals surface area contributed by atoms with E-state index in [0.29, 0.717) is 23.6 Å². The molecule has 9 rings (SSSR count). The Bertz CT molecular complexity index is 1300. The van der Waals surface area contributed by atoms with Gasteiger partial charge in [-0.3, -0.25) is 4.79 Å². The van der Waals surface area contributed by atoms with E-state index < -0.39 is 12.2 Å². The lowest BCUT2D eigenvalue weighted by molar-refractivity contribution is -0.341. The maximum absolute atomic E-state index is 11.9. The van der Waals surface area contributed by atoms with Crippen molar-refractivity contribution in [2.75, 3.05) is 77.0 Å². The molecule has 9 N–H and O–H groups in total. The largest absolute Gasteiger partial charge is 0.498 e. The second kappa shape index (κ2) is 73.2. The molecule has 78 heavy (non-hydrogen) atoms. The summed E-state index contributed by atoms with van der Waals surface area (Å²) in [7, 11) is -0.280. The van der Waals surface area contributed by atoms with Crippen LogP contribution in [0, 0.1) is 5.41 Å². The fourth-order valence-electron chi connectivity index (χ4n) is 5.85. The number of carbonyl (C=O) groups excluding carboxylic acids is 1. The second-order valence-corrected chi connectivity index (χ2v) is 16.4. The van der Waals surface area contributed by atoms with Gasteiger partial charge in [0.15, 0.2) is 0 Å². The number of nitrogens with one attached hydrogen (secondary N) is 8. The highest BCUT2D eigenvalue weighted by Crippen LogP contribution is 2.37. The molecule has 20 heteroatoms. The Kier molecular flexibility index (Phi) is 82.5. The van der Waals surface area contributed by atoms with Crippen LogP contribution in [0.5, 0.6) is 0 Å². The fourth-order valence-corrected chi connectivity index (χ4v) is 6.91. The zero-order valence-corrected chi connectivity index (χ0v) is 53.7. The van der Waals surface area contributed by atoms with Gasteiger partial charge in [-0.05, 0) is 119 Å². The van der Waals surface area contributed by atoms with Crippen LogP contribution in [0.25, 0.3) is 0 Å². The molecule has 9 heterocycles. The first-order valence-electron chi connectivity index (χ1n) is 29.4. The molecule has 1 saturated heterocycles. The Balaban J connectivity index is -0.000000144. The summed E-state index contributed by atoms with van der Waals surface area (Å²) in [6.45, 7) is 44.4. The van der Waals surface area contributed by atoms with Gasteiger partial charge in [0, 0.05) is 69.8 Å². The van der Waals surface area contributed by atoms with E-state index in [1.807, 2.05) is 153 Å². The molecule has 462 valence electrons. The third-order valence-electron chi connectivity index (χ3n) is 9.50. The van der Waals surface area contributed by atoms with Gasteiger partial charge in [-0.25, -0.2) is 0 Å². The van der Waals surface area contributed by atoms with Crippen LogP contribution in [0.3, 0.4) is 0 Å². The maximum atomic E-state index is 11.9. The highest BCUT2D eigenvalue weighted by molar-refractivity contribution is 8.02. The SMILES string of the molecule is C1=CCNCC1.C1=CNCCC1.C1=CNCCCC1.C1=COCCN1.C1=CSCCN1.CB(O)N1CCC2(C=CNCC2)CC1.CC.CC.CC.CC.CC.CC.CC.CC.FC1(F)NC=COC1(F)F.O=C1CSC=CN1. The van der Waals surface area contributed by atoms with Gasteiger partial charge in [0.2, 0.25) is 5.91 Å². The van der Waals surface area contributed by atoms with Gasteiger partial charge in [0.05, 0.1) is 12.0 Å². The molecule has 0 aromatic heterocycles. The van der Waals surface area contributed by atoms with Gasteiger partial charge in [-0.1, -0.05) is 141 Å². The van der Waals surface area contributed by atoms with E-state index in [1.54, 1.807) is 18.7 Å². The van der Waals surface area contributed by atoms with Crippen molar-refractivity contribution in [1.29, 1.82) is 0 Å². The van der Waals surface area contributed by atoms with E-state index in [-0.39, 0.29) is 13.0 Å². The van der Waals surface area contributed by atoms with E-state index >= 15 is 0 Å². The summed E-state index contributed by atoms with van der Waals surface area (Å²) in [5, 5.41) is 35.9. The minimum absolute atomic E-state index is 0.0903. The molecule has 0 aromatic rings. The van der Waals surface area contributed by atoms with E-state index in [9.17, 15) is 27.4 Å². The second-order valence-electron chi connectivity index (χ2n) is 14.5. The van der Waals surface area contributed by atoms with Gasteiger partial charge in [-0.15, -0.1) is 23.5 Å². The summed E-state index contributed by atoms with van der Waals surface area (Å²) < 4.78 is 55.9. The predicted octanol–water partition coefficient (Wildman–Crippen LogP) is 14.0. The molecule has 0 aliphatic carbocycles. The Hall–Kier alpha value is -3.85. The Morgan fingerprint density at radius 2 is 1.14 bits per heavy atom. The molecular formula is C58H118BF4N9O4S2. The number of ether oxygens (including phenoxy) is 2. The first-order valence-corrected chi connectivity index (χ1v) is 31.5. The molecule has 0 saturated carbocycles. The number of carbonyl (C=O) groups is 1. The minimum Gasteiger partial charge on any atom is -0.498 e. The van der Waals surface area contributed by atoms with E-state index in [4.69, 9.17) is 4.74 Å². The van der Waals surface area contributed by atoms with Gasteiger partial charge >= 0.3 is 19.2 Å². The molecule has 0 atom stereocenters. The summed E-state index contributed by atoms with van der Waals surface area (Å²) in [5.41, 5.74) is 0.427. The molecule has 0 radical (unpaired) electrons. The van der Waals surface area contributed by atoms with Crippen LogP contribution in [0.4, 0.5) is 17.6 Å². The van der Waals surface area contributed by atoms with Crippen LogP contribution < -0.4 is 42.5 Å². The van der Waals surface area contributed by atoms with Gasteiger partial charge in [-0.2, -0.15) is 17.6 Å². The number of nitrogens with zero attached hydrogens (tertiary/aromatic N) is 1. The van der Waals surface area contributed by atoms with Crippen molar-refractivity contribution in [2.45, 2.75) is 188 Å². The number of amides is 1. The fraction of sp³-hybridized carbons (Fsp3) is 0.707. The number of piperidine rings is 1. The summed E-state index contributed by atoms with van der Waals surface area (Å²) in [6, 6.07) is -4.32. The Morgan fingerprint density at radius 1 is 0.577 bits per heavy atom. The Morgan fingerprint density at radius 3 is 1.42 bits per heavy atom. The Labute approximate surface area is 485 Å². The van der Waals surface area contributed by atoms with E-state index in [0.717, 1.165) is 70.8 Å². The zero-order valence-electron chi connectivity index (χ0n) is 52.1. The molecule has 0 unspecified atom stereocenters. The molecule has 0 bridgehead atoms. The molecule has 1 spiro atoms. The average Bonchev–Trinajstić information content (AvgIpc) is 3.87. The summed E-state index contributed by atoms with van der Waals surface area (Å²) in [5.74, 6) is 1.88. The number of hydrogen-bond donors (Lipinski definition) is 9. The first kappa shape index (κ1) is 88.0. The van der Waals surface area contributed by atoms with Crippen molar-refractivity contribution >= 4 is 36.5 Å². The van der Waals surface area contributed by atoms with Crippen LogP contribution >= 0.6 is 23.5 Å². The lowest BCUT2D eigenvalue weighted by Crippen LogP contribution is -2.52. The number of rotatable bonds is 1. The van der Waals surface area contributed by atoms with Crippen molar-refractivity contribution in [3.63, 3.8) is 0 Å². The third kappa shape index (κ3) is 58.3. The number of allylic oxidation sites excluding steroid dienone is 3. The average molecular weight is 1160 g/mol. The molecule has 9 aliphatic rings. The standard InChI is InChI=1S/C10H19BN2O.C6H11N.2C5H9N.C4H3F4NO.C4H5NOS.C4H7NO.C4H7NS.8C2H6/c1-11(14)13-8-4-10(5-9-13)2-6-12-7-3-10;1-2-4-6-7-5-3-1;2*1-2-4-6-5-3-1;5-3(6)4(7,8)10-2-1-9-3;6-4-3-7-2-1-5-4;2*1-3-6-4-2-5-1;8*1-2/h2,6,12,14H,3-5,7-9H2,1H3;3,5,7H,1-2,4,6H2;2,4,6H,1,3,5H2;1-2,6H,3-5H2;1-2,9H;1-2H,3H2,(H,5,6);2*1,3,5H,2,4H2;8*1-2H3. The van der Waals surface area contributed by atoms with Crippen LogP contribution in [0.2, 0.25) is 6.82 Å². The smallest absolute Gasteiger partial charge is 0.485 e. The van der Waals surface area contributed by atoms with Crippen LogP contribution in [-0.4, -0.2) is 112 Å². The molecule has 0 aromatic carbocycles. The quantitative estimate of drug-likeness (QED) is 0.0529. The first-order chi connectivity index (χ1) is 38.1. The normalized spacial score (nSPS) is 18.5. The summed E-state index contributed by atoms with van der Waals surface area (Å²) in [6.07, 6.45) is 32.2. The third-order valence-corrected chi connectivity index (χ3v) is 11.0. The molecule has 1 fully saturated rings. The number of halogens is 4. The van der Waals surface area contributed by atoms with Crippen molar-refractivity contribution < 1.29 is 36.9 Å².